The number of fused-ring (bicyclic) bond motifs is 1. The van der Waals surface area contributed by atoms with Gasteiger partial charge in [-0.2, -0.15) is 0 Å². The number of hydrogen-bond acceptors (Lipinski definition) is 6. The lowest BCUT2D eigenvalue weighted by atomic mass is 9.88. The number of nitrogens with one attached hydrogen (secondary N) is 1. The Kier molecular flexibility index (Phi) is 6.86. The molecule has 5 nitrogen and oxygen atoms in total. The largest absolute Gasteiger partial charge is 0.462 e. The van der Waals surface area contributed by atoms with Gasteiger partial charge in [0.25, 0.3) is 0 Å². The van der Waals surface area contributed by atoms with Gasteiger partial charge in [0.05, 0.1) is 16.9 Å². The summed E-state index contributed by atoms with van der Waals surface area (Å²) in [5.41, 5.74) is 1.42. The second-order valence-electron chi connectivity index (χ2n) is 5.52. The van der Waals surface area contributed by atoms with Crippen molar-refractivity contribution in [1.82, 2.24) is 5.32 Å². The highest BCUT2D eigenvalue weighted by Crippen LogP contribution is 2.40. The van der Waals surface area contributed by atoms with E-state index in [1.807, 2.05) is 0 Å². The number of carbonyl (C=O) groups excluding carboxylic acids is 3. The number of thiophene rings is 1. The van der Waals surface area contributed by atoms with Gasteiger partial charge in [0.1, 0.15) is 4.88 Å². The summed E-state index contributed by atoms with van der Waals surface area (Å²) in [5, 5.41) is 2.80. The molecular formula is C17H23NO4S2. The molecule has 0 radical (unpaired) electrons. The van der Waals surface area contributed by atoms with Crippen LogP contribution in [0.3, 0.4) is 0 Å². The van der Waals surface area contributed by atoms with Crippen LogP contribution in [0.4, 0.5) is 0 Å². The van der Waals surface area contributed by atoms with Gasteiger partial charge in [0, 0.05) is 12.0 Å². The van der Waals surface area contributed by atoms with Gasteiger partial charge in [0.2, 0.25) is 5.91 Å². The van der Waals surface area contributed by atoms with Gasteiger partial charge in [-0.3, -0.25) is 9.59 Å². The van der Waals surface area contributed by atoms with Crippen molar-refractivity contribution in [3.8, 4) is 0 Å². The van der Waals surface area contributed by atoms with Crippen molar-refractivity contribution in [1.29, 1.82) is 0 Å². The van der Waals surface area contributed by atoms with Gasteiger partial charge >= 0.3 is 5.97 Å². The molecule has 1 aromatic heterocycles. The van der Waals surface area contributed by atoms with E-state index >= 15 is 0 Å². The van der Waals surface area contributed by atoms with Gasteiger partial charge in [-0.1, -0.05) is 13.8 Å². The molecule has 0 spiro atoms. The quantitative estimate of drug-likeness (QED) is 0.589. The Morgan fingerprint density at radius 1 is 1.33 bits per heavy atom. The molecule has 1 heterocycles. The van der Waals surface area contributed by atoms with E-state index in [1.165, 1.54) is 11.3 Å². The predicted octanol–water partition coefficient (Wildman–Crippen LogP) is 3.45. The molecular weight excluding hydrogens is 346 g/mol. The van der Waals surface area contributed by atoms with Crippen LogP contribution in [0.2, 0.25) is 0 Å². The molecule has 1 atom stereocenters. The molecule has 24 heavy (non-hydrogen) atoms. The summed E-state index contributed by atoms with van der Waals surface area (Å²) in [4.78, 5) is 37.3. The minimum absolute atomic E-state index is 0.0801. The van der Waals surface area contributed by atoms with Crippen LogP contribution in [-0.4, -0.2) is 36.1 Å². The molecule has 1 unspecified atom stereocenters. The first kappa shape index (κ1) is 19.0. The minimum Gasteiger partial charge on any atom is -0.462 e. The number of esters is 1. The maximum absolute atomic E-state index is 12.9. The molecule has 1 N–H and O–H groups in total. The fourth-order valence-corrected chi connectivity index (χ4v) is 5.09. The first-order valence-corrected chi connectivity index (χ1v) is 10.1. The third-order valence-corrected chi connectivity index (χ3v) is 6.46. The molecule has 7 heteroatoms. The molecule has 1 aliphatic carbocycles. The highest BCUT2D eigenvalue weighted by Gasteiger charge is 2.36. The van der Waals surface area contributed by atoms with Crippen molar-refractivity contribution in [3.63, 3.8) is 0 Å². The number of hydrogen-bond donors (Lipinski definition) is 1. The van der Waals surface area contributed by atoms with Gasteiger partial charge in [-0.15, -0.1) is 23.1 Å². The summed E-state index contributed by atoms with van der Waals surface area (Å²) in [6, 6.07) is -0.490. The fraction of sp³-hybridized carbons (Fsp3) is 0.588. The maximum Gasteiger partial charge on any atom is 0.348 e. The maximum atomic E-state index is 12.9. The zero-order chi connectivity index (χ0) is 17.7. The summed E-state index contributed by atoms with van der Waals surface area (Å²) in [7, 11) is 0. The number of rotatable bonds is 7. The van der Waals surface area contributed by atoms with Gasteiger partial charge in [0.15, 0.2) is 5.78 Å². The second-order valence-corrected chi connectivity index (χ2v) is 7.90. The Hall–Kier alpha value is -1.34. The zero-order valence-corrected chi connectivity index (χ0v) is 15.9. The van der Waals surface area contributed by atoms with Crippen molar-refractivity contribution in [2.45, 2.75) is 56.7 Å². The molecule has 132 valence electrons. The van der Waals surface area contributed by atoms with Gasteiger partial charge in [-0.25, -0.2) is 4.79 Å². The number of ether oxygens (including phenoxy) is 1. The van der Waals surface area contributed by atoms with E-state index in [2.05, 4.69) is 12.2 Å². The summed E-state index contributed by atoms with van der Waals surface area (Å²) in [6.07, 6.45) is 2.47. The van der Waals surface area contributed by atoms with Crippen LogP contribution in [-0.2, 0) is 16.0 Å². The molecule has 0 bridgehead atoms. The smallest absolute Gasteiger partial charge is 0.348 e. The van der Waals surface area contributed by atoms with Crippen LogP contribution in [0.5, 0.6) is 0 Å². The van der Waals surface area contributed by atoms with Crippen LogP contribution < -0.4 is 5.32 Å². The Balaban J connectivity index is 2.36. The average Bonchev–Trinajstić information content (AvgIpc) is 2.95. The standard InChI is InChI=1S/C17H23NO4S2/c1-4-9-23-17-13-10(15(24-17)16(21)22-6-3)7-8-11(14(13)20)18-12(19)5-2/h11H,4-9H2,1-3H3,(H,18,19). The molecule has 0 fully saturated rings. The number of Topliss-reactive ketones (excluding diaryl/α,β-unsaturated/α-hetero) is 1. The van der Waals surface area contributed by atoms with Gasteiger partial charge in [-0.05, 0) is 37.5 Å². The van der Waals surface area contributed by atoms with Crippen molar-refractivity contribution in [2.24, 2.45) is 0 Å². The Labute approximate surface area is 150 Å². The lowest BCUT2D eigenvalue weighted by Crippen LogP contribution is -2.43. The Bertz CT molecular complexity index is 639. The molecule has 0 saturated carbocycles. The van der Waals surface area contributed by atoms with Crippen LogP contribution in [0, 0.1) is 0 Å². The van der Waals surface area contributed by atoms with Crippen molar-refractivity contribution in [2.75, 3.05) is 12.4 Å². The first-order valence-electron chi connectivity index (χ1n) is 8.32. The van der Waals surface area contributed by atoms with Crippen molar-refractivity contribution < 1.29 is 19.1 Å². The Morgan fingerprint density at radius 2 is 2.08 bits per heavy atom. The first-order chi connectivity index (χ1) is 11.5. The number of ketones is 1. The SMILES string of the molecule is CCCSc1sc(C(=O)OCC)c2c1C(=O)C(NC(=O)CC)CC2. The number of amides is 1. The molecule has 2 rings (SSSR count). The van der Waals surface area contributed by atoms with Crippen LogP contribution in [0.25, 0.3) is 0 Å². The van der Waals surface area contributed by atoms with E-state index < -0.39 is 6.04 Å². The summed E-state index contributed by atoms with van der Waals surface area (Å²) in [6.45, 7) is 5.92. The fourth-order valence-electron chi connectivity index (χ4n) is 2.62. The van der Waals surface area contributed by atoms with Crippen LogP contribution >= 0.6 is 23.1 Å². The molecule has 0 aromatic carbocycles. The molecule has 0 saturated heterocycles. The summed E-state index contributed by atoms with van der Waals surface area (Å²) in [5.74, 6) is 0.323. The minimum atomic E-state index is -0.490. The second kappa shape index (κ2) is 8.67. The third-order valence-electron chi connectivity index (χ3n) is 3.78. The van der Waals surface area contributed by atoms with Crippen molar-refractivity contribution in [3.05, 3.63) is 16.0 Å². The normalized spacial score (nSPS) is 16.6. The molecule has 1 amide bonds. The summed E-state index contributed by atoms with van der Waals surface area (Å²) < 4.78 is 6.01. The number of carbonyl (C=O) groups is 3. The van der Waals surface area contributed by atoms with Crippen molar-refractivity contribution >= 4 is 40.8 Å². The van der Waals surface area contributed by atoms with E-state index in [1.54, 1.807) is 25.6 Å². The van der Waals surface area contributed by atoms with Gasteiger partial charge < -0.3 is 10.1 Å². The summed E-state index contributed by atoms with van der Waals surface area (Å²) >= 11 is 2.95. The van der Waals surface area contributed by atoms with E-state index in [4.69, 9.17) is 4.74 Å². The molecule has 1 aliphatic rings. The van der Waals surface area contributed by atoms with E-state index in [9.17, 15) is 14.4 Å². The monoisotopic (exact) mass is 369 g/mol. The Morgan fingerprint density at radius 3 is 2.71 bits per heavy atom. The zero-order valence-electron chi connectivity index (χ0n) is 14.3. The average molecular weight is 370 g/mol. The molecule has 1 aromatic rings. The van der Waals surface area contributed by atoms with E-state index in [0.29, 0.717) is 36.3 Å². The van der Waals surface area contributed by atoms with Crippen LogP contribution in [0.1, 0.15) is 65.6 Å². The highest BCUT2D eigenvalue weighted by atomic mass is 32.2. The lowest BCUT2D eigenvalue weighted by molar-refractivity contribution is -0.121. The topological polar surface area (TPSA) is 72.5 Å². The lowest BCUT2D eigenvalue weighted by Gasteiger charge is -2.23. The van der Waals surface area contributed by atoms with Crippen LogP contribution in [0.15, 0.2) is 4.21 Å². The number of thioether (sulfide) groups is 1. The molecule has 0 aliphatic heterocycles. The highest BCUT2D eigenvalue weighted by molar-refractivity contribution is 8.01. The van der Waals surface area contributed by atoms with E-state index in [0.717, 1.165) is 21.9 Å². The third kappa shape index (κ3) is 4.00. The van der Waals surface area contributed by atoms with E-state index in [-0.39, 0.29) is 17.7 Å². The predicted molar refractivity (Wildman–Crippen MR) is 96.2 cm³/mol.